The Morgan fingerprint density at radius 2 is 0.918 bits per heavy atom. The number of phosphoric ester groups is 1. The molecule has 0 bridgehead atoms. The molecule has 1 N–H and O–H groups in total. The van der Waals surface area contributed by atoms with Crippen molar-refractivity contribution in [3.63, 3.8) is 0 Å². The highest BCUT2D eigenvalue weighted by Crippen LogP contribution is 2.43. The molecule has 352 valence electrons. The van der Waals surface area contributed by atoms with Crippen molar-refractivity contribution in [2.24, 2.45) is 0 Å². The Morgan fingerprint density at radius 3 is 1.43 bits per heavy atom. The van der Waals surface area contributed by atoms with Crippen molar-refractivity contribution < 1.29 is 37.6 Å². The van der Waals surface area contributed by atoms with Gasteiger partial charge in [0.15, 0.2) is 6.10 Å². The summed E-state index contributed by atoms with van der Waals surface area (Å²) in [4.78, 5) is 37.1. The maximum Gasteiger partial charge on any atom is 0.472 e. The number of allylic oxidation sites excluding steroid dienone is 12. The molecule has 2 atom stereocenters. The van der Waals surface area contributed by atoms with E-state index in [0.717, 1.165) is 44.9 Å². The van der Waals surface area contributed by atoms with Gasteiger partial charge >= 0.3 is 19.8 Å². The van der Waals surface area contributed by atoms with Crippen molar-refractivity contribution in [2.75, 3.05) is 40.5 Å². The number of likely N-dealkylation sites (N-methyl/N-ethyl adjacent to an activating group) is 1. The second-order valence-corrected chi connectivity index (χ2v) is 17.7. The second-order valence-electron chi connectivity index (χ2n) is 16.3. The molecule has 0 aromatic rings. The number of hydrogen-bond donors (Lipinski definition) is 1. The lowest BCUT2D eigenvalue weighted by atomic mass is 10.1. The van der Waals surface area contributed by atoms with Gasteiger partial charge in [-0.1, -0.05) is 177 Å². The minimum atomic E-state index is -4.39. The van der Waals surface area contributed by atoms with Crippen molar-refractivity contribution in [1.29, 1.82) is 0 Å². The molecule has 0 radical (unpaired) electrons. The zero-order chi connectivity index (χ0) is 44.8. The number of carbonyl (C=O) groups excluding carboxylic acids is 2. The van der Waals surface area contributed by atoms with Crippen LogP contribution in [0.25, 0.3) is 0 Å². The molecule has 0 heterocycles. The van der Waals surface area contributed by atoms with E-state index in [2.05, 4.69) is 74.6 Å². The largest absolute Gasteiger partial charge is 0.472 e. The van der Waals surface area contributed by atoms with E-state index >= 15 is 0 Å². The summed E-state index contributed by atoms with van der Waals surface area (Å²) in [5.41, 5.74) is 0. The third-order valence-corrected chi connectivity index (χ3v) is 11.0. The van der Waals surface area contributed by atoms with Gasteiger partial charge in [-0.05, 0) is 91.1 Å². The average Bonchev–Trinajstić information content (AvgIpc) is 3.23. The van der Waals surface area contributed by atoms with E-state index in [1.807, 2.05) is 31.1 Å². The van der Waals surface area contributed by atoms with Crippen LogP contribution in [-0.2, 0) is 32.7 Å². The molecule has 0 saturated carbocycles. The summed E-state index contributed by atoms with van der Waals surface area (Å²) >= 11 is 0. The van der Waals surface area contributed by atoms with E-state index in [1.165, 1.54) is 109 Å². The number of unbranched alkanes of at least 4 members (excludes halogenated alkanes) is 18. The van der Waals surface area contributed by atoms with E-state index in [-0.39, 0.29) is 26.1 Å². The molecular formula is C51H90NO8P. The minimum Gasteiger partial charge on any atom is -0.462 e. The topological polar surface area (TPSA) is 112 Å². The van der Waals surface area contributed by atoms with Gasteiger partial charge < -0.3 is 19.3 Å². The van der Waals surface area contributed by atoms with Crippen molar-refractivity contribution in [2.45, 2.75) is 200 Å². The standard InChI is InChI=1S/C51H90NO8P/c1-5-7-9-11-13-15-17-19-21-23-25-27-29-31-33-35-37-39-41-43-50(53)57-47-49(48-59-61(55,56)58-46-45-52(3)4)60-51(54)44-42-40-38-36-34-32-30-28-26-24-22-20-18-16-14-12-10-8-6-2/h13,15,19-22,25,27,31,33,37,39,49H,5-12,14,16-18,23-24,26,28-30,32,34-36,38,40-48H2,1-4H3,(H,55,56)/b15-13-,21-19-,22-20-,27-25-,33-31-,39-37-. The molecule has 2 unspecified atom stereocenters. The smallest absolute Gasteiger partial charge is 0.462 e. The summed E-state index contributed by atoms with van der Waals surface area (Å²) in [6, 6.07) is 0. The number of ether oxygens (including phenoxy) is 2. The molecule has 0 aliphatic heterocycles. The predicted octanol–water partition coefficient (Wildman–Crippen LogP) is 14.4. The summed E-state index contributed by atoms with van der Waals surface area (Å²) in [5, 5.41) is 0. The number of nitrogens with zero attached hydrogens (tertiary/aromatic N) is 1. The van der Waals surface area contributed by atoms with Gasteiger partial charge in [-0.3, -0.25) is 18.6 Å². The van der Waals surface area contributed by atoms with E-state index in [9.17, 15) is 19.0 Å². The van der Waals surface area contributed by atoms with E-state index in [1.54, 1.807) is 0 Å². The highest BCUT2D eigenvalue weighted by molar-refractivity contribution is 7.47. The van der Waals surface area contributed by atoms with Gasteiger partial charge in [0.2, 0.25) is 0 Å². The lowest BCUT2D eigenvalue weighted by molar-refractivity contribution is -0.161. The van der Waals surface area contributed by atoms with Crippen LogP contribution in [-0.4, -0.2) is 68.3 Å². The number of rotatable bonds is 44. The van der Waals surface area contributed by atoms with Crippen LogP contribution in [0.4, 0.5) is 0 Å². The molecule has 0 fully saturated rings. The quantitative estimate of drug-likeness (QED) is 0.0277. The Balaban J connectivity index is 4.35. The molecule has 0 aromatic heterocycles. The van der Waals surface area contributed by atoms with Gasteiger partial charge in [-0.25, -0.2) is 4.57 Å². The summed E-state index contributed by atoms with van der Waals surface area (Å²) in [5.74, 6) is -0.903. The second kappa shape index (κ2) is 45.5. The van der Waals surface area contributed by atoms with Crippen molar-refractivity contribution in [3.8, 4) is 0 Å². The van der Waals surface area contributed by atoms with Crippen molar-refractivity contribution in [1.82, 2.24) is 4.90 Å². The third-order valence-electron chi connectivity index (χ3n) is 10.00. The predicted molar refractivity (Wildman–Crippen MR) is 257 cm³/mol. The number of hydrogen-bond acceptors (Lipinski definition) is 8. The fourth-order valence-electron chi connectivity index (χ4n) is 6.25. The van der Waals surface area contributed by atoms with Crippen LogP contribution in [0.15, 0.2) is 72.9 Å². The normalized spacial score (nSPS) is 13.9. The Hall–Kier alpha value is -2.55. The highest BCUT2D eigenvalue weighted by atomic mass is 31.2. The first-order valence-corrected chi connectivity index (χ1v) is 25.7. The van der Waals surface area contributed by atoms with E-state index in [4.69, 9.17) is 18.5 Å². The summed E-state index contributed by atoms with van der Waals surface area (Å²) < 4.78 is 33.5. The molecule has 0 spiro atoms. The van der Waals surface area contributed by atoms with Crippen LogP contribution in [0.5, 0.6) is 0 Å². The molecule has 9 nitrogen and oxygen atoms in total. The van der Waals surface area contributed by atoms with Gasteiger partial charge in [0, 0.05) is 19.4 Å². The first kappa shape index (κ1) is 58.5. The zero-order valence-corrected chi connectivity index (χ0v) is 40.2. The van der Waals surface area contributed by atoms with Gasteiger partial charge in [0.25, 0.3) is 0 Å². The van der Waals surface area contributed by atoms with Crippen LogP contribution >= 0.6 is 7.82 Å². The van der Waals surface area contributed by atoms with Crippen molar-refractivity contribution >= 4 is 19.8 Å². The summed E-state index contributed by atoms with van der Waals surface area (Å²) in [7, 11) is -0.749. The molecule has 0 aromatic carbocycles. The average molecular weight is 876 g/mol. The molecular weight excluding hydrogens is 786 g/mol. The fraction of sp³-hybridized carbons (Fsp3) is 0.725. The molecule has 0 aliphatic carbocycles. The first-order valence-electron chi connectivity index (χ1n) is 24.2. The maximum atomic E-state index is 12.7. The van der Waals surface area contributed by atoms with Crippen LogP contribution in [0, 0.1) is 0 Å². The Bertz CT molecular complexity index is 1240. The van der Waals surface area contributed by atoms with Crippen LogP contribution in [0.1, 0.15) is 194 Å². The zero-order valence-electron chi connectivity index (χ0n) is 39.3. The monoisotopic (exact) mass is 876 g/mol. The molecule has 0 rings (SSSR count). The van der Waals surface area contributed by atoms with Gasteiger partial charge in [-0.15, -0.1) is 0 Å². The lowest BCUT2D eigenvalue weighted by Crippen LogP contribution is -2.29. The lowest BCUT2D eigenvalue weighted by Gasteiger charge is -2.20. The maximum absolute atomic E-state index is 12.7. The SMILES string of the molecule is CCCCC/C=C\C/C=C\C/C=C\C/C=C\C/C=C\CCC(=O)OCC(COP(=O)(O)OCCN(C)C)OC(=O)CCCCCCCCCCC/C=C\CCCCCCCC. The number of carbonyl (C=O) groups is 2. The van der Waals surface area contributed by atoms with Crippen LogP contribution in [0.3, 0.4) is 0 Å². The van der Waals surface area contributed by atoms with Gasteiger partial charge in [0.05, 0.1) is 13.2 Å². The molecule has 0 aliphatic rings. The third kappa shape index (κ3) is 46.8. The van der Waals surface area contributed by atoms with Gasteiger partial charge in [-0.2, -0.15) is 0 Å². The molecule has 0 amide bonds. The Kier molecular flexibility index (Phi) is 43.6. The highest BCUT2D eigenvalue weighted by Gasteiger charge is 2.26. The van der Waals surface area contributed by atoms with E-state index < -0.39 is 32.5 Å². The van der Waals surface area contributed by atoms with Gasteiger partial charge in [0.1, 0.15) is 6.61 Å². The summed E-state index contributed by atoms with van der Waals surface area (Å²) in [6.07, 6.45) is 55.3. The van der Waals surface area contributed by atoms with Crippen LogP contribution < -0.4 is 0 Å². The van der Waals surface area contributed by atoms with Crippen LogP contribution in [0.2, 0.25) is 0 Å². The Labute approximate surface area is 374 Å². The molecule has 10 heteroatoms. The number of esters is 2. The number of phosphoric acid groups is 1. The molecule has 0 saturated heterocycles. The van der Waals surface area contributed by atoms with E-state index in [0.29, 0.717) is 19.4 Å². The first-order chi connectivity index (χ1) is 29.7. The summed E-state index contributed by atoms with van der Waals surface area (Å²) in [6.45, 7) is 4.21. The van der Waals surface area contributed by atoms with Crippen molar-refractivity contribution in [3.05, 3.63) is 72.9 Å². The minimum absolute atomic E-state index is 0.00680. The Morgan fingerprint density at radius 1 is 0.508 bits per heavy atom. The molecule has 61 heavy (non-hydrogen) atoms. The fourth-order valence-corrected chi connectivity index (χ4v) is 6.99.